The van der Waals surface area contributed by atoms with Crippen LogP contribution in [0, 0.1) is 5.92 Å². The van der Waals surface area contributed by atoms with Crippen LogP contribution in [0.2, 0.25) is 0 Å². The Bertz CT molecular complexity index is 1710. The summed E-state index contributed by atoms with van der Waals surface area (Å²) < 4.78 is 0. The fourth-order valence-corrected chi connectivity index (χ4v) is 8.02. The molecule has 0 radical (unpaired) electrons. The summed E-state index contributed by atoms with van der Waals surface area (Å²) in [6, 6.07) is 25.7. The van der Waals surface area contributed by atoms with Gasteiger partial charge in [-0.2, -0.15) is 0 Å². The van der Waals surface area contributed by atoms with Crippen LogP contribution in [0.1, 0.15) is 74.5 Å². The highest BCUT2D eigenvalue weighted by Crippen LogP contribution is 2.62. The number of para-hydroxylation sites is 1. The number of aryl methyl sites for hydroxylation is 1. The van der Waals surface area contributed by atoms with Gasteiger partial charge in [0.2, 0.25) is 5.91 Å². The highest BCUT2D eigenvalue weighted by atomic mass is 32.1. The maximum absolute atomic E-state index is 14.9. The molecule has 3 aromatic carbocycles. The van der Waals surface area contributed by atoms with E-state index in [1.807, 2.05) is 107 Å². The van der Waals surface area contributed by atoms with E-state index in [9.17, 15) is 14.4 Å². The first-order chi connectivity index (χ1) is 20.6. The second-order valence-corrected chi connectivity index (χ2v) is 12.4. The fourth-order valence-electron chi connectivity index (χ4n) is 7.33. The number of hydrogen-bond donors (Lipinski definition) is 1. The Morgan fingerprint density at radius 3 is 2.48 bits per heavy atom. The van der Waals surface area contributed by atoms with Crippen LogP contribution in [-0.2, 0) is 16.6 Å². The van der Waals surface area contributed by atoms with Crippen molar-refractivity contribution in [1.82, 2.24) is 4.90 Å². The number of thiophene rings is 1. The molecule has 5 nitrogen and oxygen atoms in total. The number of anilines is 1. The van der Waals surface area contributed by atoms with Gasteiger partial charge < -0.3 is 10.2 Å². The topological polar surface area (TPSA) is 66.5 Å². The Balaban J connectivity index is 1.44. The van der Waals surface area contributed by atoms with Gasteiger partial charge >= 0.3 is 0 Å². The van der Waals surface area contributed by atoms with Gasteiger partial charge in [-0.25, -0.2) is 0 Å². The molecule has 0 aliphatic carbocycles. The van der Waals surface area contributed by atoms with E-state index in [0.29, 0.717) is 16.1 Å². The molecular formula is C36H32N2O3S. The van der Waals surface area contributed by atoms with Crippen LogP contribution in [0.15, 0.2) is 96.5 Å². The van der Waals surface area contributed by atoms with Crippen LogP contribution in [0.25, 0.3) is 6.08 Å². The van der Waals surface area contributed by atoms with E-state index in [-0.39, 0.29) is 17.5 Å². The van der Waals surface area contributed by atoms with Crippen LogP contribution in [0.4, 0.5) is 5.69 Å². The van der Waals surface area contributed by atoms with Gasteiger partial charge in [0.25, 0.3) is 0 Å². The molecule has 7 rings (SSSR count). The Hall–Kier alpha value is -4.29. The fraction of sp³-hybridized carbons (Fsp3) is 0.250. The summed E-state index contributed by atoms with van der Waals surface area (Å²) in [7, 11) is 0. The molecule has 3 aliphatic rings. The molecule has 1 amide bonds. The van der Waals surface area contributed by atoms with Crippen molar-refractivity contribution in [1.29, 1.82) is 0 Å². The molecule has 1 spiro atoms. The van der Waals surface area contributed by atoms with E-state index in [4.69, 9.17) is 0 Å². The lowest BCUT2D eigenvalue weighted by Gasteiger charge is -2.38. The predicted molar refractivity (Wildman–Crippen MR) is 167 cm³/mol. The van der Waals surface area contributed by atoms with Crippen molar-refractivity contribution >= 4 is 40.6 Å². The highest BCUT2D eigenvalue weighted by molar-refractivity contribution is 7.12. The lowest BCUT2D eigenvalue weighted by Crippen LogP contribution is -2.49. The number of rotatable bonds is 8. The summed E-state index contributed by atoms with van der Waals surface area (Å²) in [4.78, 5) is 46.4. The maximum Gasteiger partial charge on any atom is 0.238 e. The standard InChI is InChI=1S/C36H32N2O3S/c1-2-3-4-10-23-16-18-25(19-17-23)32(39)30-31(33(40)29-15-9-22-42-29)38-21-20-24-11-5-6-12-26(24)34(38)36(30)27-13-7-8-14-28(27)37-35(36)41/h5-9,11-22,30-31,34H,2-4,10H2,1H3,(H,37,41). The number of hydrogen-bond acceptors (Lipinski definition) is 5. The molecule has 1 fully saturated rings. The Labute approximate surface area is 249 Å². The van der Waals surface area contributed by atoms with Gasteiger partial charge in [-0.15, -0.1) is 11.3 Å². The second-order valence-electron chi connectivity index (χ2n) is 11.4. The SMILES string of the molecule is CCCCCc1ccc(C(=O)C2C(C(=O)c3cccs3)N3C=Cc4ccccc4C3C23C(=O)Nc2ccccc23)cc1. The van der Waals surface area contributed by atoms with Crippen molar-refractivity contribution < 1.29 is 14.4 Å². The monoisotopic (exact) mass is 572 g/mol. The zero-order chi connectivity index (χ0) is 28.8. The van der Waals surface area contributed by atoms with E-state index < -0.39 is 23.4 Å². The van der Waals surface area contributed by atoms with Crippen LogP contribution in [0.3, 0.4) is 0 Å². The number of Topliss-reactive ketones (excluding diaryl/α,β-unsaturated/α-hetero) is 2. The van der Waals surface area contributed by atoms with Crippen molar-refractivity contribution in [2.45, 2.75) is 50.1 Å². The van der Waals surface area contributed by atoms with Crippen molar-refractivity contribution in [2.75, 3.05) is 5.32 Å². The van der Waals surface area contributed by atoms with Crippen molar-refractivity contribution in [3.05, 3.63) is 129 Å². The van der Waals surface area contributed by atoms with Gasteiger partial charge in [-0.1, -0.05) is 92.6 Å². The van der Waals surface area contributed by atoms with Crippen LogP contribution < -0.4 is 5.32 Å². The summed E-state index contributed by atoms with van der Waals surface area (Å²) in [5.41, 5.74) is 3.81. The molecule has 4 unspecified atom stereocenters. The van der Waals surface area contributed by atoms with E-state index in [2.05, 4.69) is 12.2 Å². The molecule has 42 heavy (non-hydrogen) atoms. The first-order valence-corrected chi connectivity index (χ1v) is 15.6. The first-order valence-electron chi connectivity index (χ1n) is 14.7. The molecule has 4 aromatic rings. The molecule has 4 heterocycles. The highest BCUT2D eigenvalue weighted by Gasteiger charge is 2.70. The van der Waals surface area contributed by atoms with Gasteiger partial charge in [0.15, 0.2) is 11.6 Å². The molecular weight excluding hydrogens is 540 g/mol. The number of unbranched alkanes of at least 4 members (excludes halogenated alkanes) is 2. The van der Waals surface area contributed by atoms with Crippen molar-refractivity contribution in [3.8, 4) is 0 Å². The average molecular weight is 573 g/mol. The summed E-state index contributed by atoms with van der Waals surface area (Å²) in [6.45, 7) is 2.19. The van der Waals surface area contributed by atoms with Gasteiger partial charge in [-0.05, 0) is 58.7 Å². The predicted octanol–water partition coefficient (Wildman–Crippen LogP) is 7.46. The van der Waals surface area contributed by atoms with Gasteiger partial charge in [0.1, 0.15) is 11.5 Å². The normalized spacial score (nSPS) is 23.4. The third-order valence-corrected chi connectivity index (χ3v) is 10.1. The Morgan fingerprint density at radius 1 is 0.905 bits per heavy atom. The number of nitrogens with one attached hydrogen (secondary N) is 1. The molecule has 0 bridgehead atoms. The minimum atomic E-state index is -1.30. The molecule has 0 saturated carbocycles. The number of ketones is 2. The smallest absolute Gasteiger partial charge is 0.238 e. The second kappa shape index (κ2) is 10.5. The minimum Gasteiger partial charge on any atom is -0.358 e. The quantitative estimate of drug-likeness (QED) is 0.176. The van der Waals surface area contributed by atoms with Crippen molar-refractivity contribution in [2.24, 2.45) is 5.92 Å². The van der Waals surface area contributed by atoms with Crippen LogP contribution in [0.5, 0.6) is 0 Å². The number of nitrogens with zero attached hydrogens (tertiary/aromatic N) is 1. The zero-order valence-electron chi connectivity index (χ0n) is 23.5. The maximum atomic E-state index is 14.9. The average Bonchev–Trinajstić information content (AvgIpc) is 3.74. The summed E-state index contributed by atoms with van der Waals surface area (Å²) in [6.07, 6.45) is 8.29. The summed E-state index contributed by atoms with van der Waals surface area (Å²) in [5, 5.41) is 4.99. The summed E-state index contributed by atoms with van der Waals surface area (Å²) in [5.74, 6) is -1.50. The van der Waals surface area contributed by atoms with Crippen LogP contribution in [-0.4, -0.2) is 28.4 Å². The molecule has 4 atom stereocenters. The number of benzene rings is 3. The number of fused-ring (bicyclic) bond motifs is 6. The number of carbonyl (C=O) groups excluding carboxylic acids is 3. The first kappa shape index (κ1) is 26.6. The van der Waals surface area contributed by atoms with E-state index >= 15 is 0 Å². The third kappa shape index (κ3) is 3.92. The van der Waals surface area contributed by atoms with E-state index in [1.54, 1.807) is 0 Å². The molecule has 1 N–H and O–H groups in total. The Morgan fingerprint density at radius 2 is 1.69 bits per heavy atom. The number of amides is 1. The van der Waals surface area contributed by atoms with E-state index in [0.717, 1.165) is 36.0 Å². The Kier molecular flexibility index (Phi) is 6.66. The van der Waals surface area contributed by atoms with Crippen LogP contribution >= 0.6 is 11.3 Å². The van der Waals surface area contributed by atoms with Gasteiger partial charge in [0.05, 0.1) is 16.8 Å². The molecule has 6 heteroatoms. The number of carbonyl (C=O) groups is 3. The zero-order valence-corrected chi connectivity index (χ0v) is 24.3. The lowest BCUT2D eigenvalue weighted by molar-refractivity contribution is -0.122. The minimum absolute atomic E-state index is 0.136. The van der Waals surface area contributed by atoms with Gasteiger partial charge in [-0.3, -0.25) is 14.4 Å². The largest absolute Gasteiger partial charge is 0.358 e. The molecule has 1 saturated heterocycles. The lowest BCUT2D eigenvalue weighted by atomic mass is 9.62. The van der Waals surface area contributed by atoms with Crippen molar-refractivity contribution in [3.63, 3.8) is 0 Å². The third-order valence-electron chi connectivity index (χ3n) is 9.19. The molecule has 1 aromatic heterocycles. The van der Waals surface area contributed by atoms with E-state index in [1.165, 1.54) is 23.3 Å². The molecule has 3 aliphatic heterocycles. The summed E-state index contributed by atoms with van der Waals surface area (Å²) >= 11 is 1.37. The van der Waals surface area contributed by atoms with Gasteiger partial charge in [0, 0.05) is 17.5 Å². The molecule has 210 valence electrons.